The molecule has 0 aromatic heterocycles. The van der Waals surface area contributed by atoms with E-state index in [0.29, 0.717) is 17.4 Å². The van der Waals surface area contributed by atoms with E-state index in [9.17, 15) is 19.5 Å². The Labute approximate surface area is 459 Å². The van der Waals surface area contributed by atoms with Crippen LogP contribution in [0.25, 0.3) is 0 Å². The van der Waals surface area contributed by atoms with Crippen molar-refractivity contribution in [2.75, 3.05) is 47.5 Å². The maximum absolute atomic E-state index is 12.9. The molecule has 0 aliphatic carbocycles. The highest BCUT2D eigenvalue weighted by Crippen LogP contribution is 2.14. The van der Waals surface area contributed by atoms with Gasteiger partial charge >= 0.3 is 17.9 Å². The molecule has 0 saturated heterocycles. The van der Waals surface area contributed by atoms with Crippen LogP contribution in [0.1, 0.15) is 219 Å². The number of aliphatic carboxylic acids is 1. The summed E-state index contributed by atoms with van der Waals surface area (Å²) >= 11 is 0. The Hall–Kier alpha value is -4.31. The smallest absolute Gasteiger partial charge is 0.361 e. The van der Waals surface area contributed by atoms with Crippen LogP contribution in [-0.2, 0) is 33.3 Å². The molecule has 0 fully saturated rings. The summed E-state index contributed by atoms with van der Waals surface area (Å²) in [7, 11) is 5.95. The van der Waals surface area contributed by atoms with Gasteiger partial charge in [-0.2, -0.15) is 0 Å². The monoisotopic (exact) mass is 1040 g/mol. The predicted octanol–water partition coefficient (Wildman–Crippen LogP) is 17.7. The van der Waals surface area contributed by atoms with Crippen molar-refractivity contribution in [1.29, 1.82) is 0 Å². The number of allylic oxidation sites excluding steroid dienone is 20. The average Bonchev–Trinajstić information content (AvgIpc) is 3.38. The average molecular weight is 1050 g/mol. The number of esters is 2. The maximum atomic E-state index is 12.9. The van der Waals surface area contributed by atoms with Crippen LogP contribution in [0.4, 0.5) is 0 Å². The van der Waals surface area contributed by atoms with E-state index in [1.807, 2.05) is 21.1 Å². The molecule has 0 aliphatic heterocycles. The van der Waals surface area contributed by atoms with Gasteiger partial charge in [0.05, 0.1) is 34.4 Å². The number of carbonyl (C=O) groups excluding carboxylic acids is 2. The molecule has 0 aromatic rings. The van der Waals surface area contributed by atoms with Gasteiger partial charge in [-0.25, -0.2) is 4.79 Å². The fourth-order valence-electron chi connectivity index (χ4n) is 7.65. The molecule has 9 nitrogen and oxygen atoms in total. The quantitative estimate of drug-likeness (QED) is 0.0211. The van der Waals surface area contributed by atoms with Gasteiger partial charge in [-0.05, 0) is 109 Å². The number of carbonyl (C=O) groups is 3. The van der Waals surface area contributed by atoms with E-state index in [1.54, 1.807) is 0 Å². The highest BCUT2D eigenvalue weighted by atomic mass is 16.7. The number of likely N-dealkylation sites (N-methyl/N-ethyl adjacent to an activating group) is 1. The van der Waals surface area contributed by atoms with E-state index >= 15 is 0 Å². The first-order valence-corrected chi connectivity index (χ1v) is 29.7. The third-order valence-corrected chi connectivity index (χ3v) is 12.2. The lowest BCUT2D eigenvalue weighted by atomic mass is 10.1. The third kappa shape index (κ3) is 57.2. The number of quaternary nitrogens is 1. The molecule has 9 heteroatoms. The van der Waals surface area contributed by atoms with Crippen LogP contribution < -0.4 is 0 Å². The van der Waals surface area contributed by atoms with Crippen LogP contribution in [0.2, 0.25) is 0 Å². The molecule has 0 bridgehead atoms. The molecule has 0 spiro atoms. The number of nitrogens with zero attached hydrogens (tertiary/aromatic N) is 1. The van der Waals surface area contributed by atoms with Crippen LogP contribution in [0.3, 0.4) is 0 Å². The fourth-order valence-corrected chi connectivity index (χ4v) is 7.65. The minimum absolute atomic E-state index is 0.178. The molecule has 0 rings (SSSR count). The maximum Gasteiger partial charge on any atom is 0.361 e. The van der Waals surface area contributed by atoms with E-state index in [4.69, 9.17) is 18.9 Å². The summed E-state index contributed by atoms with van der Waals surface area (Å²) in [4.78, 5) is 37.4. The normalized spacial score (nSPS) is 13.7. The minimum atomic E-state index is -1.52. The van der Waals surface area contributed by atoms with Gasteiger partial charge in [-0.1, -0.05) is 219 Å². The predicted molar refractivity (Wildman–Crippen MR) is 318 cm³/mol. The van der Waals surface area contributed by atoms with Crippen molar-refractivity contribution in [2.45, 2.75) is 232 Å². The van der Waals surface area contributed by atoms with Gasteiger partial charge in [0.1, 0.15) is 13.2 Å². The van der Waals surface area contributed by atoms with Crippen LogP contribution in [0, 0.1) is 0 Å². The Balaban J connectivity index is 4.27. The van der Waals surface area contributed by atoms with Gasteiger partial charge in [0.15, 0.2) is 6.10 Å². The summed E-state index contributed by atoms with van der Waals surface area (Å²) in [6, 6.07) is 0. The van der Waals surface area contributed by atoms with Crippen LogP contribution >= 0.6 is 0 Å². The molecular formula is C66H110NO8+. The molecular weight excluding hydrogens is 935 g/mol. The van der Waals surface area contributed by atoms with Crippen molar-refractivity contribution in [3.63, 3.8) is 0 Å². The first-order valence-electron chi connectivity index (χ1n) is 29.7. The second kappa shape index (κ2) is 55.9. The summed E-state index contributed by atoms with van der Waals surface area (Å²) in [5, 5.41) is 9.70. The van der Waals surface area contributed by atoms with Gasteiger partial charge in [-0.15, -0.1) is 0 Å². The number of ether oxygens (including phenoxy) is 4. The van der Waals surface area contributed by atoms with Gasteiger partial charge in [0.2, 0.25) is 0 Å². The SMILES string of the molecule is CC/C=C\C/C=C\C/C=C\C/C=C\C/C=C\C/C=C\C/C=C\C/C=C\CCCCCCCCCCC(=O)OC(COC(=O)CCCCCCCCC/C=C\C/C=C\CCCCC)COC(OCC[N+](C)(C)C)C(=O)O. The van der Waals surface area contributed by atoms with Crippen molar-refractivity contribution >= 4 is 17.9 Å². The minimum Gasteiger partial charge on any atom is -0.477 e. The number of carboxylic acid groups (broad SMARTS) is 1. The zero-order valence-corrected chi connectivity index (χ0v) is 48.4. The second-order valence-electron chi connectivity index (χ2n) is 20.6. The van der Waals surface area contributed by atoms with E-state index in [0.717, 1.165) is 116 Å². The van der Waals surface area contributed by atoms with Crippen molar-refractivity contribution in [3.05, 3.63) is 122 Å². The Morgan fingerprint density at radius 2 is 0.760 bits per heavy atom. The van der Waals surface area contributed by atoms with Gasteiger partial charge in [0, 0.05) is 12.8 Å². The number of hydrogen-bond donors (Lipinski definition) is 1. The molecule has 0 amide bonds. The van der Waals surface area contributed by atoms with Crippen LogP contribution in [0.15, 0.2) is 122 Å². The molecule has 2 atom stereocenters. The topological polar surface area (TPSA) is 108 Å². The second-order valence-corrected chi connectivity index (χ2v) is 20.6. The number of rotatable bonds is 53. The van der Waals surface area contributed by atoms with E-state index in [2.05, 4.69) is 135 Å². The zero-order valence-electron chi connectivity index (χ0n) is 48.4. The summed E-state index contributed by atoms with van der Waals surface area (Å²) in [5.41, 5.74) is 0. The third-order valence-electron chi connectivity index (χ3n) is 12.2. The standard InChI is InChI=1S/C66H109NO8/c1-6-8-10-12-14-16-18-20-22-24-25-26-27-28-29-30-31-32-33-34-35-36-37-38-39-41-43-45-47-49-51-53-55-57-64(69)75-62(61-74-66(65(70)71)72-59-58-67(3,4)5)60-73-63(68)56-54-52-50-48-46-44-42-40-23-21-19-17-15-13-11-9-7-2/h8,10,14-17,20-23,25-26,28-29,31-32,34-35,37-38,62,66H,6-7,9,11-13,18-19,24,27,30,33,36,39-61H2,1-5H3/p+1/b10-8-,16-14-,17-15-,22-20-,23-21-,26-25-,29-28-,32-31-,35-34-,38-37-. The highest BCUT2D eigenvalue weighted by molar-refractivity contribution is 5.71. The molecule has 426 valence electrons. The van der Waals surface area contributed by atoms with Crippen LogP contribution in [-0.4, -0.2) is 87.4 Å². The van der Waals surface area contributed by atoms with E-state index < -0.39 is 24.3 Å². The van der Waals surface area contributed by atoms with E-state index in [-0.39, 0.29) is 38.6 Å². The Morgan fingerprint density at radius 3 is 1.13 bits per heavy atom. The Kier molecular flexibility index (Phi) is 52.7. The highest BCUT2D eigenvalue weighted by Gasteiger charge is 2.25. The number of hydrogen-bond acceptors (Lipinski definition) is 7. The first-order chi connectivity index (χ1) is 36.6. The molecule has 0 heterocycles. The van der Waals surface area contributed by atoms with Crippen molar-refractivity contribution in [3.8, 4) is 0 Å². The molecule has 2 unspecified atom stereocenters. The lowest BCUT2D eigenvalue weighted by Crippen LogP contribution is -2.40. The number of unbranched alkanes of at least 4 members (excludes halogenated alkanes) is 18. The molecule has 75 heavy (non-hydrogen) atoms. The largest absolute Gasteiger partial charge is 0.477 e. The summed E-state index contributed by atoms with van der Waals surface area (Å²) < 4.78 is 22.9. The lowest BCUT2D eigenvalue weighted by molar-refractivity contribution is -0.870. The zero-order chi connectivity index (χ0) is 54.8. The van der Waals surface area contributed by atoms with Crippen molar-refractivity contribution in [1.82, 2.24) is 0 Å². The first kappa shape index (κ1) is 70.7. The molecule has 1 N–H and O–H groups in total. The summed E-state index contributed by atoms with van der Waals surface area (Å²) in [6.07, 6.45) is 75.6. The fraction of sp³-hybridized carbons (Fsp3) is 0.652. The van der Waals surface area contributed by atoms with Crippen molar-refractivity contribution in [2.24, 2.45) is 0 Å². The lowest BCUT2D eigenvalue weighted by Gasteiger charge is -2.25. The summed E-state index contributed by atoms with van der Waals surface area (Å²) in [6.45, 7) is 4.70. The Bertz CT molecular complexity index is 1640. The van der Waals surface area contributed by atoms with Crippen LogP contribution in [0.5, 0.6) is 0 Å². The molecule has 0 radical (unpaired) electrons. The molecule has 0 aliphatic rings. The van der Waals surface area contributed by atoms with Crippen molar-refractivity contribution < 1.29 is 42.9 Å². The molecule has 0 aromatic carbocycles. The van der Waals surface area contributed by atoms with Gasteiger partial charge in [-0.3, -0.25) is 9.59 Å². The number of carboxylic acids is 1. The van der Waals surface area contributed by atoms with Gasteiger partial charge in [0.25, 0.3) is 6.29 Å². The van der Waals surface area contributed by atoms with Gasteiger partial charge < -0.3 is 28.5 Å². The Morgan fingerprint density at radius 1 is 0.413 bits per heavy atom. The molecule has 0 saturated carbocycles. The summed E-state index contributed by atoms with van der Waals surface area (Å²) in [5.74, 6) is -2.04. The van der Waals surface area contributed by atoms with E-state index in [1.165, 1.54) is 70.6 Å².